The highest BCUT2D eigenvalue weighted by molar-refractivity contribution is 5.71. The molecule has 8 nitrogen and oxygen atoms in total. The summed E-state index contributed by atoms with van der Waals surface area (Å²) in [7, 11) is 0. The third-order valence-electron chi connectivity index (χ3n) is 6.08. The molecule has 8 heteroatoms. The lowest BCUT2D eigenvalue weighted by Gasteiger charge is -2.22. The quantitative estimate of drug-likeness (QED) is 0.211. The Bertz CT molecular complexity index is 1460. The zero-order valence-electron chi connectivity index (χ0n) is 20.4. The molecule has 0 saturated carbocycles. The maximum atomic E-state index is 10.3. The predicted molar refractivity (Wildman–Crippen MR) is 143 cm³/mol. The third kappa shape index (κ3) is 5.55. The second-order valence-electron chi connectivity index (χ2n) is 8.84. The number of hydrogen-bond acceptors (Lipinski definition) is 8. The molecule has 0 saturated heterocycles. The minimum atomic E-state index is -0.210. The van der Waals surface area contributed by atoms with Crippen LogP contribution < -0.4 is 0 Å². The molecule has 0 amide bonds. The molecule has 0 aliphatic carbocycles. The maximum absolute atomic E-state index is 10.3. The Balaban J connectivity index is 1.44. The first-order valence-corrected chi connectivity index (χ1v) is 12.0. The molecule has 5 aromatic rings. The summed E-state index contributed by atoms with van der Waals surface area (Å²) >= 11 is 0. The third-order valence-corrected chi connectivity index (χ3v) is 6.08. The average molecular weight is 507 g/mol. The Morgan fingerprint density at radius 1 is 0.500 bits per heavy atom. The number of aromatic hydroxyl groups is 4. The lowest BCUT2D eigenvalue weighted by atomic mass is 10.1. The van der Waals surface area contributed by atoms with Crippen LogP contribution in [0.2, 0.25) is 0 Å². The summed E-state index contributed by atoms with van der Waals surface area (Å²) in [6.45, 7) is 1.47. The Kier molecular flexibility index (Phi) is 7.15. The first-order valence-electron chi connectivity index (χ1n) is 12.0. The fourth-order valence-electron chi connectivity index (χ4n) is 4.26. The van der Waals surface area contributed by atoms with Crippen molar-refractivity contribution in [2.24, 2.45) is 0 Å². The van der Waals surface area contributed by atoms with Gasteiger partial charge in [-0.2, -0.15) is 0 Å². The van der Waals surface area contributed by atoms with Crippen molar-refractivity contribution in [2.75, 3.05) is 0 Å². The van der Waals surface area contributed by atoms with Crippen molar-refractivity contribution in [2.45, 2.75) is 19.6 Å². The zero-order valence-corrected chi connectivity index (χ0v) is 20.4. The summed E-state index contributed by atoms with van der Waals surface area (Å²) in [5, 5.41) is 40.5. The highest BCUT2D eigenvalue weighted by Crippen LogP contribution is 2.36. The van der Waals surface area contributed by atoms with E-state index < -0.39 is 0 Å². The fraction of sp³-hybridized carbons (Fsp3) is 0.100. The van der Waals surface area contributed by atoms with Gasteiger partial charge in [0.05, 0.1) is 28.5 Å². The standard InChI is InChI=1S/C30H26N4O4/c35-27-14-5-10-23(29(27)37)25-12-3-8-21(32-25)18-34(17-20-7-1-2-16-31-20)19-22-9-4-13-26(33-22)24-11-6-15-28(36)30(24)38/h1-16,35-38H,17-19H2. The number of phenols is 4. The average Bonchev–Trinajstić information content (AvgIpc) is 2.92. The lowest BCUT2D eigenvalue weighted by Crippen LogP contribution is -2.24. The van der Waals surface area contributed by atoms with Gasteiger partial charge in [0.1, 0.15) is 0 Å². The van der Waals surface area contributed by atoms with E-state index in [1.165, 1.54) is 12.1 Å². The van der Waals surface area contributed by atoms with Crippen LogP contribution in [0.5, 0.6) is 23.0 Å². The monoisotopic (exact) mass is 506 g/mol. The molecule has 0 radical (unpaired) electrons. The van der Waals surface area contributed by atoms with Gasteiger partial charge >= 0.3 is 0 Å². The Morgan fingerprint density at radius 3 is 1.47 bits per heavy atom. The summed E-state index contributed by atoms with van der Waals surface area (Å²) in [5.74, 6) is -0.817. The molecule has 3 heterocycles. The van der Waals surface area contributed by atoms with Crippen molar-refractivity contribution in [3.05, 3.63) is 114 Å². The van der Waals surface area contributed by atoms with Gasteiger partial charge < -0.3 is 20.4 Å². The van der Waals surface area contributed by atoms with Crippen LogP contribution in [0.4, 0.5) is 0 Å². The van der Waals surface area contributed by atoms with Crippen LogP contribution >= 0.6 is 0 Å². The topological polar surface area (TPSA) is 123 Å². The summed E-state index contributed by atoms with van der Waals surface area (Å²) < 4.78 is 0. The molecule has 0 aliphatic rings. The van der Waals surface area contributed by atoms with E-state index in [-0.39, 0.29) is 23.0 Å². The van der Waals surface area contributed by atoms with Crippen LogP contribution in [0, 0.1) is 0 Å². The van der Waals surface area contributed by atoms with Gasteiger partial charge in [-0.05, 0) is 60.7 Å². The molecule has 38 heavy (non-hydrogen) atoms. The van der Waals surface area contributed by atoms with Crippen molar-refractivity contribution in [3.63, 3.8) is 0 Å². The van der Waals surface area contributed by atoms with E-state index in [1.54, 1.807) is 42.6 Å². The predicted octanol–water partition coefficient (Wildman–Crippen LogP) is 5.23. The van der Waals surface area contributed by atoms with Crippen molar-refractivity contribution >= 4 is 0 Å². The summed E-state index contributed by atoms with van der Waals surface area (Å²) in [4.78, 5) is 16.1. The minimum absolute atomic E-state index is 0.199. The van der Waals surface area contributed by atoms with Gasteiger partial charge in [0.25, 0.3) is 0 Å². The van der Waals surface area contributed by atoms with E-state index >= 15 is 0 Å². The largest absolute Gasteiger partial charge is 0.504 e. The number of hydrogen-bond donors (Lipinski definition) is 4. The van der Waals surface area contributed by atoms with Gasteiger partial charge in [-0.1, -0.05) is 30.3 Å². The highest BCUT2D eigenvalue weighted by atomic mass is 16.3. The normalized spacial score (nSPS) is 11.1. The van der Waals surface area contributed by atoms with E-state index in [0.717, 1.165) is 17.1 Å². The Hall–Kier alpha value is -4.95. The van der Waals surface area contributed by atoms with Gasteiger partial charge in [0, 0.05) is 37.0 Å². The van der Waals surface area contributed by atoms with Gasteiger partial charge in [-0.3, -0.25) is 19.9 Å². The molecular formula is C30H26N4O4. The second-order valence-corrected chi connectivity index (χ2v) is 8.84. The molecule has 0 spiro atoms. The second kappa shape index (κ2) is 11.0. The van der Waals surface area contributed by atoms with Crippen LogP contribution in [0.15, 0.2) is 97.2 Å². The molecular weight excluding hydrogens is 480 g/mol. The van der Waals surface area contributed by atoms with E-state index in [4.69, 9.17) is 9.97 Å². The number of benzene rings is 2. The van der Waals surface area contributed by atoms with Crippen molar-refractivity contribution in [1.82, 2.24) is 19.9 Å². The molecule has 2 aromatic carbocycles. The Morgan fingerprint density at radius 2 is 0.974 bits per heavy atom. The van der Waals surface area contributed by atoms with E-state index in [1.807, 2.05) is 42.5 Å². The number of rotatable bonds is 8. The van der Waals surface area contributed by atoms with Crippen molar-refractivity contribution in [3.8, 4) is 45.5 Å². The number of nitrogens with zero attached hydrogens (tertiary/aromatic N) is 4. The number of para-hydroxylation sites is 2. The van der Waals surface area contributed by atoms with Gasteiger partial charge in [0.2, 0.25) is 0 Å². The summed E-state index contributed by atoms with van der Waals surface area (Å²) in [6.07, 6.45) is 1.75. The molecule has 5 rings (SSSR count). The van der Waals surface area contributed by atoms with Gasteiger partial charge in [0.15, 0.2) is 23.0 Å². The van der Waals surface area contributed by atoms with Gasteiger partial charge in [-0.25, -0.2) is 0 Å². The van der Waals surface area contributed by atoms with Crippen molar-refractivity contribution in [1.29, 1.82) is 0 Å². The van der Waals surface area contributed by atoms with Gasteiger partial charge in [-0.15, -0.1) is 0 Å². The van der Waals surface area contributed by atoms with Crippen LogP contribution in [0.25, 0.3) is 22.5 Å². The van der Waals surface area contributed by atoms with E-state index in [2.05, 4.69) is 9.88 Å². The van der Waals surface area contributed by atoms with Crippen LogP contribution in [-0.4, -0.2) is 40.3 Å². The van der Waals surface area contributed by atoms with Crippen LogP contribution in [0.1, 0.15) is 17.1 Å². The molecule has 0 unspecified atom stereocenters. The summed E-state index contributed by atoms with van der Waals surface area (Å²) in [5.41, 5.74) is 4.41. The maximum Gasteiger partial charge on any atom is 0.167 e. The SMILES string of the molecule is Oc1cccc(-c2cccc(CN(Cc3ccccn3)Cc3cccc(-c4cccc(O)c4O)n3)n2)c1O. The van der Waals surface area contributed by atoms with Crippen LogP contribution in [-0.2, 0) is 19.6 Å². The van der Waals surface area contributed by atoms with E-state index in [9.17, 15) is 20.4 Å². The lowest BCUT2D eigenvalue weighted by molar-refractivity contribution is 0.239. The molecule has 0 atom stereocenters. The first kappa shape index (κ1) is 24.7. The van der Waals surface area contributed by atoms with Crippen molar-refractivity contribution < 1.29 is 20.4 Å². The molecule has 0 aliphatic heterocycles. The number of phenolic OH excluding ortho intramolecular Hbond substituents is 4. The minimum Gasteiger partial charge on any atom is -0.504 e. The molecule has 3 aromatic heterocycles. The number of aromatic nitrogens is 3. The highest BCUT2D eigenvalue weighted by Gasteiger charge is 2.15. The molecule has 190 valence electrons. The fourth-order valence-corrected chi connectivity index (χ4v) is 4.26. The number of pyridine rings is 3. The molecule has 4 N–H and O–H groups in total. The first-order chi connectivity index (χ1) is 18.5. The zero-order chi connectivity index (χ0) is 26.5. The van der Waals surface area contributed by atoms with Crippen LogP contribution in [0.3, 0.4) is 0 Å². The molecule has 0 fully saturated rings. The smallest absolute Gasteiger partial charge is 0.167 e. The summed E-state index contributed by atoms with van der Waals surface area (Å²) in [6, 6.07) is 26.5. The Labute approximate surface area is 219 Å². The molecule has 0 bridgehead atoms. The van der Waals surface area contributed by atoms with E-state index in [0.29, 0.717) is 42.1 Å².